The van der Waals surface area contributed by atoms with Gasteiger partial charge in [0.2, 0.25) is 5.91 Å². The van der Waals surface area contributed by atoms with Crippen molar-refractivity contribution in [1.82, 2.24) is 10.6 Å². The second kappa shape index (κ2) is 8.22. The number of carbonyl (C=O) groups excluding carboxylic acids is 1. The highest BCUT2D eigenvalue weighted by molar-refractivity contribution is 5.76. The molecule has 1 aromatic carbocycles. The highest BCUT2D eigenvalue weighted by Crippen LogP contribution is 2.40. The average Bonchev–Trinajstić information content (AvgIpc) is 3.05. The Balaban J connectivity index is 1.37. The van der Waals surface area contributed by atoms with E-state index >= 15 is 0 Å². The Morgan fingerprint density at radius 2 is 1.78 bits per heavy atom. The number of nitrogens with one attached hydrogen (secondary N) is 2. The number of hydrogen-bond donors (Lipinski definition) is 2. The molecule has 2 saturated heterocycles. The van der Waals surface area contributed by atoms with Gasteiger partial charge in [0.15, 0.2) is 0 Å². The first-order valence-electron chi connectivity index (χ1n) is 10.8. The van der Waals surface area contributed by atoms with Crippen molar-refractivity contribution in [2.45, 2.75) is 81.7 Å². The van der Waals surface area contributed by atoms with E-state index in [9.17, 15) is 4.79 Å². The van der Waals surface area contributed by atoms with E-state index < -0.39 is 0 Å². The van der Waals surface area contributed by atoms with Gasteiger partial charge in [-0.25, -0.2) is 0 Å². The summed E-state index contributed by atoms with van der Waals surface area (Å²) in [6.07, 6.45) is 11.8. The number of rotatable bonds is 6. The van der Waals surface area contributed by atoms with E-state index in [0.717, 1.165) is 25.1 Å². The van der Waals surface area contributed by atoms with Crippen LogP contribution < -0.4 is 15.4 Å². The van der Waals surface area contributed by atoms with Crippen molar-refractivity contribution in [3.63, 3.8) is 0 Å². The number of fused-ring (bicyclic) bond motifs is 2. The minimum atomic E-state index is 0.0906. The van der Waals surface area contributed by atoms with Crippen molar-refractivity contribution in [1.29, 1.82) is 0 Å². The molecule has 3 fully saturated rings. The number of carbonyl (C=O) groups is 1. The molecule has 27 heavy (non-hydrogen) atoms. The van der Waals surface area contributed by atoms with Crippen molar-refractivity contribution < 1.29 is 9.53 Å². The van der Waals surface area contributed by atoms with Crippen LogP contribution in [0.5, 0.6) is 5.75 Å². The zero-order valence-electron chi connectivity index (χ0n) is 16.6. The van der Waals surface area contributed by atoms with Crippen LogP contribution in [0.1, 0.15) is 69.8 Å². The maximum atomic E-state index is 12.7. The normalized spacial score (nSPS) is 29.3. The van der Waals surface area contributed by atoms with Crippen LogP contribution in [0.2, 0.25) is 0 Å². The summed E-state index contributed by atoms with van der Waals surface area (Å²) in [7, 11) is 1.71. The number of ether oxygens (including phenoxy) is 1. The van der Waals surface area contributed by atoms with Gasteiger partial charge < -0.3 is 15.4 Å². The summed E-state index contributed by atoms with van der Waals surface area (Å²) in [5.74, 6) is 1.71. The van der Waals surface area contributed by atoms with Crippen molar-refractivity contribution in [3.8, 4) is 5.75 Å². The topological polar surface area (TPSA) is 50.4 Å². The fourth-order valence-corrected chi connectivity index (χ4v) is 5.68. The number of methoxy groups -OCH3 is 1. The predicted octanol–water partition coefficient (Wildman–Crippen LogP) is 3.93. The Labute approximate surface area is 163 Å². The van der Waals surface area contributed by atoms with Crippen molar-refractivity contribution in [2.75, 3.05) is 13.7 Å². The zero-order valence-corrected chi connectivity index (χ0v) is 16.6. The molecular weight excluding hydrogens is 336 g/mol. The lowest BCUT2D eigenvalue weighted by atomic mass is 9.69. The Morgan fingerprint density at radius 1 is 1.11 bits per heavy atom. The van der Waals surface area contributed by atoms with Crippen molar-refractivity contribution >= 4 is 5.91 Å². The van der Waals surface area contributed by atoms with Crippen molar-refractivity contribution in [2.24, 2.45) is 5.92 Å². The summed E-state index contributed by atoms with van der Waals surface area (Å²) in [5.41, 5.74) is 1.44. The fourth-order valence-electron chi connectivity index (χ4n) is 5.68. The van der Waals surface area contributed by atoms with Gasteiger partial charge in [0, 0.05) is 30.5 Å². The highest BCUT2D eigenvalue weighted by atomic mass is 16.5. The standard InChI is InChI=1S/C23H34N2O2/c1-27-21-9-5-18(6-10-21)23(11-3-2-4-12-23)16-24-22(26)15-17-13-19-7-8-20(14-17)25-19/h5-6,9-10,17,19-20,25H,2-4,7-8,11-16H2,1H3,(H,24,26). The summed E-state index contributed by atoms with van der Waals surface area (Å²) in [4.78, 5) is 12.7. The minimum Gasteiger partial charge on any atom is -0.497 e. The molecule has 148 valence electrons. The number of benzene rings is 1. The van der Waals surface area contributed by atoms with Gasteiger partial charge in [-0.2, -0.15) is 0 Å². The van der Waals surface area contributed by atoms with Gasteiger partial charge >= 0.3 is 0 Å². The average molecular weight is 371 g/mol. The van der Waals surface area contributed by atoms with Crippen LogP contribution >= 0.6 is 0 Å². The van der Waals surface area contributed by atoms with Gasteiger partial charge in [-0.15, -0.1) is 0 Å². The van der Waals surface area contributed by atoms with Gasteiger partial charge in [0.25, 0.3) is 0 Å². The van der Waals surface area contributed by atoms with E-state index in [1.54, 1.807) is 7.11 Å². The van der Waals surface area contributed by atoms with Gasteiger partial charge in [-0.05, 0) is 62.1 Å². The zero-order chi connectivity index (χ0) is 18.7. The summed E-state index contributed by atoms with van der Waals surface area (Å²) in [6, 6.07) is 9.81. The Kier molecular flexibility index (Phi) is 5.72. The van der Waals surface area contributed by atoms with E-state index in [1.807, 2.05) is 0 Å². The molecule has 4 nitrogen and oxygen atoms in total. The molecule has 0 aromatic heterocycles. The van der Waals surface area contributed by atoms with Crippen LogP contribution in [-0.2, 0) is 10.2 Å². The van der Waals surface area contributed by atoms with E-state index in [0.29, 0.717) is 24.4 Å². The molecule has 3 aliphatic rings. The summed E-state index contributed by atoms with van der Waals surface area (Å²) < 4.78 is 5.32. The predicted molar refractivity (Wildman–Crippen MR) is 108 cm³/mol. The van der Waals surface area contributed by atoms with Gasteiger partial charge in [0.1, 0.15) is 5.75 Å². The molecule has 2 N–H and O–H groups in total. The Bertz CT molecular complexity index is 624. The van der Waals surface area contributed by atoms with Gasteiger partial charge in [-0.3, -0.25) is 4.79 Å². The first-order chi connectivity index (χ1) is 13.2. The molecule has 4 heteroatoms. The Morgan fingerprint density at radius 3 is 2.41 bits per heavy atom. The third-order valence-corrected chi connectivity index (χ3v) is 7.18. The van der Waals surface area contributed by atoms with E-state index in [4.69, 9.17) is 4.74 Å². The molecular formula is C23H34N2O2. The molecule has 1 aromatic rings. The molecule has 0 spiro atoms. The van der Waals surface area contributed by atoms with Crippen LogP contribution in [0.3, 0.4) is 0 Å². The molecule has 2 atom stereocenters. The minimum absolute atomic E-state index is 0.0906. The summed E-state index contributed by atoms with van der Waals surface area (Å²) in [5, 5.41) is 7.00. The second-order valence-corrected chi connectivity index (χ2v) is 9.03. The lowest BCUT2D eigenvalue weighted by molar-refractivity contribution is -0.122. The fraction of sp³-hybridized carbons (Fsp3) is 0.696. The molecule has 2 unspecified atom stereocenters. The van der Waals surface area contributed by atoms with E-state index in [2.05, 4.69) is 34.9 Å². The van der Waals surface area contributed by atoms with Gasteiger partial charge in [-0.1, -0.05) is 31.4 Å². The third-order valence-electron chi connectivity index (χ3n) is 7.18. The molecule has 2 aliphatic heterocycles. The second-order valence-electron chi connectivity index (χ2n) is 9.03. The third kappa shape index (κ3) is 4.31. The Hall–Kier alpha value is -1.55. The molecule has 2 heterocycles. The summed E-state index contributed by atoms with van der Waals surface area (Å²) in [6.45, 7) is 0.774. The lowest BCUT2D eigenvalue weighted by Crippen LogP contribution is -2.44. The highest BCUT2D eigenvalue weighted by Gasteiger charge is 2.36. The first kappa shape index (κ1) is 18.8. The molecule has 0 radical (unpaired) electrons. The molecule has 2 bridgehead atoms. The van der Waals surface area contributed by atoms with Crippen LogP contribution in [-0.4, -0.2) is 31.6 Å². The van der Waals surface area contributed by atoms with Crippen LogP contribution in [0.4, 0.5) is 0 Å². The van der Waals surface area contributed by atoms with Crippen LogP contribution in [0.15, 0.2) is 24.3 Å². The summed E-state index contributed by atoms with van der Waals surface area (Å²) >= 11 is 0. The molecule has 1 aliphatic carbocycles. The van der Waals surface area contributed by atoms with E-state index in [1.165, 1.54) is 50.5 Å². The lowest BCUT2D eigenvalue weighted by Gasteiger charge is -2.38. The number of piperidine rings is 1. The maximum absolute atomic E-state index is 12.7. The smallest absolute Gasteiger partial charge is 0.220 e. The quantitative estimate of drug-likeness (QED) is 0.798. The van der Waals surface area contributed by atoms with Gasteiger partial charge in [0.05, 0.1) is 7.11 Å². The first-order valence-corrected chi connectivity index (χ1v) is 10.8. The van der Waals surface area contributed by atoms with Crippen LogP contribution in [0.25, 0.3) is 0 Å². The monoisotopic (exact) mass is 370 g/mol. The van der Waals surface area contributed by atoms with Crippen molar-refractivity contribution in [3.05, 3.63) is 29.8 Å². The maximum Gasteiger partial charge on any atom is 0.220 e. The number of amides is 1. The largest absolute Gasteiger partial charge is 0.497 e. The SMILES string of the molecule is COc1ccc(C2(CNC(=O)CC3CC4CCC(C3)N4)CCCCC2)cc1. The number of hydrogen-bond acceptors (Lipinski definition) is 3. The van der Waals surface area contributed by atoms with Crippen LogP contribution in [0, 0.1) is 5.92 Å². The van der Waals surface area contributed by atoms with E-state index in [-0.39, 0.29) is 11.3 Å². The molecule has 4 rings (SSSR count). The molecule has 1 amide bonds. The molecule has 1 saturated carbocycles.